The van der Waals surface area contributed by atoms with Crippen LogP contribution < -0.4 is 5.32 Å². The van der Waals surface area contributed by atoms with E-state index >= 15 is 0 Å². The first-order valence-corrected chi connectivity index (χ1v) is 5.97. The lowest BCUT2D eigenvalue weighted by Crippen LogP contribution is -2.54. The highest BCUT2D eigenvalue weighted by Crippen LogP contribution is 2.35. The van der Waals surface area contributed by atoms with Gasteiger partial charge in [0.25, 0.3) is 0 Å². The first-order valence-electron chi connectivity index (χ1n) is 5.18. The molecule has 0 spiro atoms. The number of morpholine rings is 1. The topological polar surface area (TPSA) is 38.3 Å². The molecule has 1 amide bonds. The number of amides is 1. The summed E-state index contributed by atoms with van der Waals surface area (Å²) in [6, 6.07) is 7.91. The number of ether oxygens (including phenoxy) is 1. The van der Waals surface area contributed by atoms with Crippen LogP contribution in [0.4, 0.5) is 0 Å². The molecular formula is C12H14BrNO2. The van der Waals surface area contributed by atoms with E-state index in [0.29, 0.717) is 0 Å². The SMILES string of the molecule is CC1(C)NC(=O)COC1c1ccccc1Br. The van der Waals surface area contributed by atoms with Crippen molar-refractivity contribution in [3.05, 3.63) is 34.3 Å². The molecule has 1 saturated heterocycles. The van der Waals surface area contributed by atoms with Crippen LogP contribution in [0.1, 0.15) is 25.5 Å². The molecule has 0 bridgehead atoms. The standard InChI is InChI=1S/C12H14BrNO2/c1-12(2)11(16-7-10(15)14-12)8-5-3-4-6-9(8)13/h3-6,11H,7H2,1-2H3,(H,14,15). The van der Waals surface area contributed by atoms with Gasteiger partial charge < -0.3 is 10.1 Å². The molecule has 0 aromatic heterocycles. The summed E-state index contributed by atoms with van der Waals surface area (Å²) < 4.78 is 6.63. The molecule has 1 heterocycles. The lowest BCUT2D eigenvalue weighted by Gasteiger charge is -2.39. The summed E-state index contributed by atoms with van der Waals surface area (Å²) in [7, 11) is 0. The number of halogens is 1. The Labute approximate surface area is 103 Å². The average Bonchev–Trinajstić information content (AvgIpc) is 2.18. The van der Waals surface area contributed by atoms with Crippen molar-refractivity contribution in [3.8, 4) is 0 Å². The molecule has 1 unspecified atom stereocenters. The predicted molar refractivity (Wildman–Crippen MR) is 65.1 cm³/mol. The molecule has 1 atom stereocenters. The zero-order valence-electron chi connectivity index (χ0n) is 9.29. The van der Waals surface area contributed by atoms with Crippen LogP contribution in [-0.2, 0) is 9.53 Å². The fraction of sp³-hybridized carbons (Fsp3) is 0.417. The van der Waals surface area contributed by atoms with E-state index in [1.807, 2.05) is 38.1 Å². The lowest BCUT2D eigenvalue weighted by atomic mass is 9.90. The van der Waals surface area contributed by atoms with Crippen LogP contribution in [0.15, 0.2) is 28.7 Å². The number of hydrogen-bond acceptors (Lipinski definition) is 2. The van der Waals surface area contributed by atoms with E-state index in [0.717, 1.165) is 10.0 Å². The molecule has 4 heteroatoms. The second-order valence-electron chi connectivity index (χ2n) is 4.48. The van der Waals surface area contributed by atoms with Crippen LogP contribution in [0.2, 0.25) is 0 Å². The summed E-state index contributed by atoms with van der Waals surface area (Å²) in [5.41, 5.74) is 0.673. The van der Waals surface area contributed by atoms with E-state index in [-0.39, 0.29) is 24.2 Å². The largest absolute Gasteiger partial charge is 0.361 e. The maximum absolute atomic E-state index is 11.3. The summed E-state index contributed by atoms with van der Waals surface area (Å²) in [4.78, 5) is 11.3. The predicted octanol–water partition coefficient (Wildman–Crippen LogP) is 2.42. The van der Waals surface area contributed by atoms with E-state index in [2.05, 4.69) is 21.2 Å². The van der Waals surface area contributed by atoms with Gasteiger partial charge in [0.1, 0.15) is 12.7 Å². The number of carbonyl (C=O) groups is 1. The monoisotopic (exact) mass is 283 g/mol. The molecule has 1 N–H and O–H groups in total. The Hall–Kier alpha value is -0.870. The number of hydrogen-bond donors (Lipinski definition) is 1. The van der Waals surface area contributed by atoms with Gasteiger partial charge in [0, 0.05) is 4.47 Å². The Morgan fingerprint density at radius 3 is 2.75 bits per heavy atom. The van der Waals surface area contributed by atoms with E-state index in [4.69, 9.17) is 4.74 Å². The van der Waals surface area contributed by atoms with Gasteiger partial charge in [0.05, 0.1) is 5.54 Å². The highest BCUT2D eigenvalue weighted by molar-refractivity contribution is 9.10. The molecule has 3 nitrogen and oxygen atoms in total. The first kappa shape index (κ1) is 11.6. The Balaban J connectivity index is 2.34. The number of benzene rings is 1. The molecule has 0 radical (unpaired) electrons. The van der Waals surface area contributed by atoms with E-state index < -0.39 is 0 Å². The fourth-order valence-electron chi connectivity index (χ4n) is 1.99. The van der Waals surface area contributed by atoms with Crippen molar-refractivity contribution in [2.24, 2.45) is 0 Å². The third-order valence-electron chi connectivity index (χ3n) is 2.69. The summed E-state index contributed by atoms with van der Waals surface area (Å²) in [6.45, 7) is 4.05. The number of nitrogens with one attached hydrogen (secondary N) is 1. The van der Waals surface area contributed by atoms with Crippen molar-refractivity contribution in [2.75, 3.05) is 6.61 Å². The molecule has 0 aliphatic carbocycles. The summed E-state index contributed by atoms with van der Waals surface area (Å²) >= 11 is 3.51. The van der Waals surface area contributed by atoms with Gasteiger partial charge in [-0.3, -0.25) is 4.79 Å². The van der Waals surface area contributed by atoms with Crippen LogP contribution in [0.25, 0.3) is 0 Å². The van der Waals surface area contributed by atoms with Crippen molar-refractivity contribution in [3.63, 3.8) is 0 Å². The second kappa shape index (κ2) is 4.18. The smallest absolute Gasteiger partial charge is 0.246 e. The third-order valence-corrected chi connectivity index (χ3v) is 3.41. The highest BCUT2D eigenvalue weighted by Gasteiger charge is 2.38. The number of rotatable bonds is 1. The van der Waals surface area contributed by atoms with Gasteiger partial charge in [-0.1, -0.05) is 34.1 Å². The Morgan fingerprint density at radius 2 is 2.12 bits per heavy atom. The molecule has 1 aromatic carbocycles. The highest BCUT2D eigenvalue weighted by atomic mass is 79.9. The van der Waals surface area contributed by atoms with Gasteiger partial charge in [0.2, 0.25) is 5.91 Å². The van der Waals surface area contributed by atoms with E-state index in [1.54, 1.807) is 0 Å². The van der Waals surface area contributed by atoms with Crippen LogP contribution in [0.5, 0.6) is 0 Å². The first-order chi connectivity index (χ1) is 7.50. The molecule has 86 valence electrons. The second-order valence-corrected chi connectivity index (χ2v) is 5.34. The van der Waals surface area contributed by atoms with Gasteiger partial charge >= 0.3 is 0 Å². The van der Waals surface area contributed by atoms with Crippen LogP contribution in [0.3, 0.4) is 0 Å². The quantitative estimate of drug-likeness (QED) is 0.860. The number of carbonyl (C=O) groups excluding carboxylic acids is 1. The third kappa shape index (κ3) is 2.13. The van der Waals surface area contributed by atoms with E-state index in [1.165, 1.54) is 0 Å². The van der Waals surface area contributed by atoms with Gasteiger partial charge in [-0.2, -0.15) is 0 Å². The Bertz CT molecular complexity index is 417. The van der Waals surface area contributed by atoms with Crippen molar-refractivity contribution in [2.45, 2.75) is 25.5 Å². The lowest BCUT2D eigenvalue weighted by molar-refractivity contribution is -0.142. The fourth-order valence-corrected chi connectivity index (χ4v) is 2.49. The van der Waals surface area contributed by atoms with Crippen molar-refractivity contribution >= 4 is 21.8 Å². The van der Waals surface area contributed by atoms with E-state index in [9.17, 15) is 4.79 Å². The Morgan fingerprint density at radius 1 is 1.44 bits per heavy atom. The van der Waals surface area contributed by atoms with Crippen molar-refractivity contribution in [1.82, 2.24) is 5.32 Å². The maximum atomic E-state index is 11.3. The summed E-state index contributed by atoms with van der Waals surface area (Å²) in [6.07, 6.45) is -0.124. The zero-order chi connectivity index (χ0) is 11.8. The molecule has 1 fully saturated rings. The minimum atomic E-state index is -0.390. The normalized spacial score (nSPS) is 23.9. The summed E-state index contributed by atoms with van der Waals surface area (Å²) in [5.74, 6) is -0.0618. The minimum absolute atomic E-state index is 0.0618. The molecular weight excluding hydrogens is 270 g/mol. The molecule has 1 aliphatic rings. The Kier molecular flexibility index (Phi) is 3.04. The molecule has 0 saturated carbocycles. The van der Waals surface area contributed by atoms with Crippen LogP contribution in [0, 0.1) is 0 Å². The molecule has 1 aliphatic heterocycles. The maximum Gasteiger partial charge on any atom is 0.246 e. The van der Waals surface area contributed by atoms with Gasteiger partial charge in [-0.15, -0.1) is 0 Å². The van der Waals surface area contributed by atoms with Crippen LogP contribution in [-0.4, -0.2) is 18.1 Å². The zero-order valence-corrected chi connectivity index (χ0v) is 10.9. The molecule has 1 aromatic rings. The van der Waals surface area contributed by atoms with Crippen LogP contribution >= 0.6 is 15.9 Å². The summed E-state index contributed by atoms with van der Waals surface area (Å²) in [5, 5.41) is 2.95. The molecule has 2 rings (SSSR count). The van der Waals surface area contributed by atoms with Gasteiger partial charge in [-0.25, -0.2) is 0 Å². The van der Waals surface area contributed by atoms with Gasteiger partial charge in [-0.05, 0) is 25.5 Å². The van der Waals surface area contributed by atoms with Gasteiger partial charge in [0.15, 0.2) is 0 Å². The average molecular weight is 284 g/mol. The van der Waals surface area contributed by atoms with Crippen molar-refractivity contribution < 1.29 is 9.53 Å². The van der Waals surface area contributed by atoms with Crippen molar-refractivity contribution in [1.29, 1.82) is 0 Å². The molecule has 16 heavy (non-hydrogen) atoms. The minimum Gasteiger partial charge on any atom is -0.361 e.